The number of hydrogen-bond acceptors (Lipinski definition) is 8. The van der Waals surface area contributed by atoms with Crippen molar-refractivity contribution in [3.05, 3.63) is 53.3 Å². The first-order valence-electron chi connectivity index (χ1n) is 12.3. The molecule has 10 heteroatoms. The third-order valence-electron chi connectivity index (χ3n) is 6.77. The molecule has 1 amide bonds. The topological polar surface area (TPSA) is 101 Å². The minimum atomic E-state index is -1.25. The van der Waals surface area contributed by atoms with Crippen molar-refractivity contribution >= 4 is 17.4 Å². The molecule has 9 nitrogen and oxygen atoms in total. The Morgan fingerprint density at radius 2 is 1.72 bits per heavy atom. The van der Waals surface area contributed by atoms with Crippen LogP contribution in [0.25, 0.3) is 0 Å². The standard InChI is InChI=1S/C26H30FN3O6/c27-20-14-18(15-22-25(20)36-13-12-35-22)23(31)21(16-29-6-1-7-29)28-26(33)24(32)17-2-4-19(5-3-17)30-8-10-34-11-9-30/h2-5,14-15,21,23,31H,1,6-13,16H2,(H,28,33)/t21-,23+/m1/s1. The molecule has 0 aliphatic carbocycles. The molecule has 0 spiro atoms. The van der Waals surface area contributed by atoms with Crippen molar-refractivity contribution in [2.24, 2.45) is 0 Å². The number of carbonyl (C=O) groups excluding carboxylic acids is 2. The van der Waals surface area contributed by atoms with E-state index in [1.54, 1.807) is 12.1 Å². The average molecular weight is 500 g/mol. The summed E-state index contributed by atoms with van der Waals surface area (Å²) in [5, 5.41) is 13.8. The van der Waals surface area contributed by atoms with Crippen molar-refractivity contribution in [2.75, 3.05) is 64.1 Å². The molecule has 0 aromatic heterocycles. The van der Waals surface area contributed by atoms with Crippen molar-refractivity contribution < 1.29 is 33.3 Å². The quantitative estimate of drug-likeness (QED) is 0.417. The number of benzene rings is 2. The zero-order valence-corrected chi connectivity index (χ0v) is 20.0. The first-order valence-corrected chi connectivity index (χ1v) is 12.3. The van der Waals surface area contributed by atoms with E-state index in [-0.39, 0.29) is 35.8 Å². The number of halogens is 1. The van der Waals surface area contributed by atoms with E-state index < -0.39 is 29.7 Å². The second kappa shape index (κ2) is 10.8. The van der Waals surface area contributed by atoms with Gasteiger partial charge in [-0.05, 0) is 61.5 Å². The van der Waals surface area contributed by atoms with E-state index in [4.69, 9.17) is 14.2 Å². The van der Waals surface area contributed by atoms with Gasteiger partial charge in [0.1, 0.15) is 19.3 Å². The first kappa shape index (κ1) is 24.5. The molecule has 3 heterocycles. The minimum absolute atomic E-state index is 0.0104. The van der Waals surface area contributed by atoms with E-state index in [0.717, 1.165) is 38.3 Å². The van der Waals surface area contributed by atoms with Crippen molar-refractivity contribution in [2.45, 2.75) is 18.6 Å². The van der Waals surface area contributed by atoms with Gasteiger partial charge in [-0.1, -0.05) is 0 Å². The Labute approximate surface area is 208 Å². The molecule has 0 unspecified atom stereocenters. The molecule has 192 valence electrons. The van der Waals surface area contributed by atoms with Crippen LogP contribution in [0, 0.1) is 5.82 Å². The lowest BCUT2D eigenvalue weighted by Gasteiger charge is -2.36. The summed E-state index contributed by atoms with van der Waals surface area (Å²) in [5.74, 6) is -1.95. The number of amides is 1. The molecular weight excluding hydrogens is 469 g/mol. The molecule has 36 heavy (non-hydrogen) atoms. The number of hydrogen-bond donors (Lipinski definition) is 2. The van der Waals surface area contributed by atoms with Gasteiger partial charge in [-0.15, -0.1) is 0 Å². The fourth-order valence-electron chi connectivity index (χ4n) is 4.61. The van der Waals surface area contributed by atoms with Gasteiger partial charge in [-0.3, -0.25) is 9.59 Å². The summed E-state index contributed by atoms with van der Waals surface area (Å²) in [6, 6.07) is 8.76. The van der Waals surface area contributed by atoms with Crippen LogP contribution in [0.3, 0.4) is 0 Å². The maximum absolute atomic E-state index is 14.6. The van der Waals surface area contributed by atoms with Crippen LogP contribution < -0.4 is 19.7 Å². The molecule has 3 aliphatic rings. The number of nitrogens with zero attached hydrogens (tertiary/aromatic N) is 2. The summed E-state index contributed by atoms with van der Waals surface area (Å²) >= 11 is 0. The van der Waals surface area contributed by atoms with Crippen LogP contribution in [-0.2, 0) is 9.53 Å². The lowest BCUT2D eigenvalue weighted by molar-refractivity contribution is -0.118. The van der Waals surface area contributed by atoms with E-state index in [1.165, 1.54) is 12.1 Å². The Hall–Kier alpha value is -3.21. The van der Waals surface area contributed by atoms with Crippen molar-refractivity contribution in [3.8, 4) is 11.5 Å². The first-order chi connectivity index (χ1) is 17.5. The van der Waals surface area contributed by atoms with Crippen LogP contribution in [0.4, 0.5) is 10.1 Å². The van der Waals surface area contributed by atoms with Gasteiger partial charge in [0, 0.05) is 30.9 Å². The number of anilines is 1. The summed E-state index contributed by atoms with van der Waals surface area (Å²) in [6.45, 7) is 5.33. The van der Waals surface area contributed by atoms with Gasteiger partial charge in [-0.2, -0.15) is 0 Å². The predicted octanol–water partition coefficient (Wildman–Crippen LogP) is 1.54. The van der Waals surface area contributed by atoms with Gasteiger partial charge in [0.25, 0.3) is 5.91 Å². The molecule has 2 N–H and O–H groups in total. The monoisotopic (exact) mass is 499 g/mol. The summed E-state index contributed by atoms with van der Waals surface area (Å²) in [4.78, 5) is 30.0. The van der Waals surface area contributed by atoms with Crippen LogP contribution in [-0.4, -0.2) is 86.9 Å². The number of likely N-dealkylation sites (tertiary alicyclic amines) is 1. The molecule has 2 aromatic carbocycles. The van der Waals surface area contributed by atoms with Crippen molar-refractivity contribution in [1.82, 2.24) is 10.2 Å². The molecule has 5 rings (SSSR count). The summed E-state index contributed by atoms with van der Waals surface area (Å²) in [7, 11) is 0. The Balaban J connectivity index is 1.30. The van der Waals surface area contributed by atoms with E-state index in [0.29, 0.717) is 19.8 Å². The second-order valence-corrected chi connectivity index (χ2v) is 9.18. The normalized spacial score (nSPS) is 19.2. The second-order valence-electron chi connectivity index (χ2n) is 9.18. The number of rotatable bonds is 8. The van der Waals surface area contributed by atoms with Crippen molar-refractivity contribution in [1.29, 1.82) is 0 Å². The van der Waals surface area contributed by atoms with Crippen LogP contribution in [0.1, 0.15) is 28.4 Å². The van der Waals surface area contributed by atoms with Crippen LogP contribution in [0.2, 0.25) is 0 Å². The van der Waals surface area contributed by atoms with Crippen molar-refractivity contribution in [3.63, 3.8) is 0 Å². The number of aliphatic hydroxyl groups is 1. The molecule has 0 bridgehead atoms. The number of morpholine rings is 1. The third-order valence-corrected chi connectivity index (χ3v) is 6.77. The van der Waals surface area contributed by atoms with Gasteiger partial charge in [-0.25, -0.2) is 4.39 Å². The van der Waals surface area contributed by atoms with E-state index >= 15 is 0 Å². The van der Waals surface area contributed by atoms with Gasteiger partial charge in [0.15, 0.2) is 17.3 Å². The number of ether oxygens (including phenoxy) is 3. The van der Waals surface area contributed by atoms with E-state index in [1.807, 2.05) is 12.1 Å². The van der Waals surface area contributed by atoms with E-state index in [2.05, 4.69) is 15.1 Å². The predicted molar refractivity (Wildman–Crippen MR) is 129 cm³/mol. The lowest BCUT2D eigenvalue weighted by Crippen LogP contribution is -2.52. The average Bonchev–Trinajstić information content (AvgIpc) is 2.89. The SMILES string of the molecule is O=C(N[C@H](CN1CCC1)[C@@H](O)c1cc(F)c2c(c1)OCCO2)C(=O)c1ccc(N2CCOCC2)cc1. The fourth-order valence-corrected chi connectivity index (χ4v) is 4.61. The van der Waals surface area contributed by atoms with Crippen LogP contribution in [0.15, 0.2) is 36.4 Å². The smallest absolute Gasteiger partial charge is 0.292 e. The maximum Gasteiger partial charge on any atom is 0.292 e. The molecular formula is C26H30FN3O6. The van der Waals surface area contributed by atoms with Gasteiger partial charge < -0.3 is 34.4 Å². The number of aliphatic hydroxyl groups excluding tert-OH is 1. The highest BCUT2D eigenvalue weighted by molar-refractivity contribution is 6.42. The number of carbonyl (C=O) groups is 2. The summed E-state index contributed by atoms with van der Waals surface area (Å²) < 4.78 is 30.8. The molecule has 2 saturated heterocycles. The Bertz CT molecular complexity index is 1100. The highest BCUT2D eigenvalue weighted by Crippen LogP contribution is 2.36. The molecule has 2 fully saturated rings. The maximum atomic E-state index is 14.6. The summed E-state index contributed by atoms with van der Waals surface area (Å²) in [6.07, 6.45) is -0.236. The van der Waals surface area contributed by atoms with Crippen LogP contribution in [0.5, 0.6) is 11.5 Å². The molecule has 3 aliphatic heterocycles. The zero-order chi connectivity index (χ0) is 25.1. The van der Waals surface area contributed by atoms with E-state index in [9.17, 15) is 19.1 Å². The fraction of sp³-hybridized carbons (Fsp3) is 0.462. The highest BCUT2D eigenvalue weighted by atomic mass is 19.1. The number of ketones is 1. The number of fused-ring (bicyclic) bond motifs is 1. The molecule has 0 saturated carbocycles. The number of Topliss-reactive ketones (excluding diaryl/α,β-unsaturated/α-hetero) is 1. The van der Waals surface area contributed by atoms with Crippen LogP contribution >= 0.6 is 0 Å². The Morgan fingerprint density at radius 1 is 1.00 bits per heavy atom. The van der Waals surface area contributed by atoms with Gasteiger partial charge in [0.05, 0.1) is 19.3 Å². The van der Waals surface area contributed by atoms with Gasteiger partial charge in [0.2, 0.25) is 5.78 Å². The minimum Gasteiger partial charge on any atom is -0.486 e. The Morgan fingerprint density at radius 3 is 2.42 bits per heavy atom. The highest BCUT2D eigenvalue weighted by Gasteiger charge is 2.31. The molecule has 0 radical (unpaired) electrons. The third kappa shape index (κ3) is 5.30. The largest absolute Gasteiger partial charge is 0.486 e. The van der Waals surface area contributed by atoms with Gasteiger partial charge >= 0.3 is 0 Å². The number of nitrogens with one attached hydrogen (secondary N) is 1. The zero-order valence-electron chi connectivity index (χ0n) is 20.0. The molecule has 2 aromatic rings. The molecule has 2 atom stereocenters. The summed E-state index contributed by atoms with van der Waals surface area (Å²) in [5.41, 5.74) is 1.46. The Kier molecular flexibility index (Phi) is 7.35. The lowest BCUT2D eigenvalue weighted by atomic mass is 9.99.